The third kappa shape index (κ3) is 6.38. The normalized spacial score (nSPS) is 15.1. The minimum Gasteiger partial charge on any atom is -0.496 e. The Kier molecular flexibility index (Phi) is 10.3. The van der Waals surface area contributed by atoms with Crippen molar-refractivity contribution in [3.63, 3.8) is 0 Å². The standard InChI is InChI=1S/C21H27N3O2.2ClH/c1-26-20-10-6-5-9-18(20)16-23-11-13-24(14-12-23)21(25)19(22)15-17-7-3-2-4-8-17;;/h2-10,19H,11-16,22H2,1H3;2*1H. The maximum absolute atomic E-state index is 12.6. The van der Waals surface area contributed by atoms with E-state index in [9.17, 15) is 4.79 Å². The summed E-state index contributed by atoms with van der Waals surface area (Å²) in [6, 6.07) is 17.6. The molecule has 1 saturated heterocycles. The molecule has 0 spiro atoms. The van der Waals surface area contributed by atoms with Crippen LogP contribution in [-0.4, -0.2) is 55.0 Å². The number of halogens is 2. The van der Waals surface area contributed by atoms with E-state index in [0.717, 1.165) is 44.0 Å². The molecule has 1 fully saturated rings. The molecule has 1 aliphatic rings. The molecule has 7 heteroatoms. The molecule has 154 valence electrons. The highest BCUT2D eigenvalue weighted by molar-refractivity contribution is 5.85. The molecule has 0 radical (unpaired) electrons. The number of carbonyl (C=O) groups is 1. The molecule has 1 aliphatic heterocycles. The molecule has 2 aromatic rings. The number of rotatable bonds is 6. The van der Waals surface area contributed by atoms with Crippen LogP contribution in [0.4, 0.5) is 0 Å². The summed E-state index contributed by atoms with van der Waals surface area (Å²) in [6.07, 6.45) is 0.584. The van der Waals surface area contributed by atoms with E-state index >= 15 is 0 Å². The van der Waals surface area contributed by atoms with E-state index in [1.807, 2.05) is 53.4 Å². The van der Waals surface area contributed by atoms with Gasteiger partial charge < -0.3 is 15.4 Å². The van der Waals surface area contributed by atoms with Gasteiger partial charge in [0.15, 0.2) is 0 Å². The van der Waals surface area contributed by atoms with Crippen LogP contribution in [0.25, 0.3) is 0 Å². The van der Waals surface area contributed by atoms with Crippen LogP contribution in [-0.2, 0) is 17.8 Å². The Morgan fingerprint density at radius 1 is 1.00 bits per heavy atom. The van der Waals surface area contributed by atoms with Crippen molar-refractivity contribution in [3.05, 3.63) is 65.7 Å². The number of nitrogens with zero attached hydrogens (tertiary/aromatic N) is 2. The van der Waals surface area contributed by atoms with E-state index in [-0.39, 0.29) is 30.7 Å². The highest BCUT2D eigenvalue weighted by Gasteiger charge is 2.25. The van der Waals surface area contributed by atoms with E-state index in [0.29, 0.717) is 6.42 Å². The summed E-state index contributed by atoms with van der Waals surface area (Å²) in [5.41, 5.74) is 8.43. The quantitative estimate of drug-likeness (QED) is 0.772. The zero-order chi connectivity index (χ0) is 18.4. The van der Waals surface area contributed by atoms with Crippen LogP contribution in [0, 0.1) is 0 Å². The van der Waals surface area contributed by atoms with Gasteiger partial charge in [0.05, 0.1) is 13.2 Å². The van der Waals surface area contributed by atoms with Gasteiger partial charge in [-0.05, 0) is 18.1 Å². The van der Waals surface area contributed by atoms with Gasteiger partial charge in [-0.3, -0.25) is 9.69 Å². The number of hydrogen-bond acceptors (Lipinski definition) is 4. The Labute approximate surface area is 179 Å². The third-order valence-corrected chi connectivity index (χ3v) is 4.89. The fraction of sp³-hybridized carbons (Fsp3) is 0.381. The minimum atomic E-state index is -0.474. The Balaban J connectivity index is 0.00000196. The maximum Gasteiger partial charge on any atom is 0.239 e. The molecule has 28 heavy (non-hydrogen) atoms. The predicted octanol–water partition coefficient (Wildman–Crippen LogP) is 2.75. The van der Waals surface area contributed by atoms with Crippen molar-refractivity contribution in [1.82, 2.24) is 9.80 Å². The highest BCUT2D eigenvalue weighted by atomic mass is 35.5. The van der Waals surface area contributed by atoms with Crippen LogP contribution >= 0.6 is 24.8 Å². The van der Waals surface area contributed by atoms with Gasteiger partial charge in [0.2, 0.25) is 5.91 Å². The van der Waals surface area contributed by atoms with Gasteiger partial charge in [0.1, 0.15) is 5.75 Å². The van der Waals surface area contributed by atoms with Crippen molar-refractivity contribution < 1.29 is 9.53 Å². The average molecular weight is 426 g/mol. The highest BCUT2D eigenvalue weighted by Crippen LogP contribution is 2.20. The van der Waals surface area contributed by atoms with Crippen LogP contribution in [0.1, 0.15) is 11.1 Å². The Morgan fingerprint density at radius 2 is 1.61 bits per heavy atom. The first-order chi connectivity index (χ1) is 12.7. The van der Waals surface area contributed by atoms with Gasteiger partial charge in [-0.15, -0.1) is 24.8 Å². The van der Waals surface area contributed by atoms with Gasteiger partial charge in [0, 0.05) is 38.3 Å². The Morgan fingerprint density at radius 3 is 2.25 bits per heavy atom. The van der Waals surface area contributed by atoms with Crippen molar-refractivity contribution in [3.8, 4) is 5.75 Å². The summed E-state index contributed by atoms with van der Waals surface area (Å²) in [7, 11) is 1.70. The second kappa shape index (κ2) is 11.9. The van der Waals surface area contributed by atoms with Crippen molar-refractivity contribution >= 4 is 30.7 Å². The molecule has 1 heterocycles. The zero-order valence-electron chi connectivity index (χ0n) is 16.1. The summed E-state index contributed by atoms with van der Waals surface area (Å²) in [5, 5.41) is 0. The van der Waals surface area contributed by atoms with E-state index < -0.39 is 6.04 Å². The molecule has 1 unspecified atom stereocenters. The van der Waals surface area contributed by atoms with Gasteiger partial charge in [-0.1, -0.05) is 48.5 Å². The topological polar surface area (TPSA) is 58.8 Å². The molecule has 1 atom stereocenters. The number of benzene rings is 2. The smallest absolute Gasteiger partial charge is 0.239 e. The first-order valence-corrected chi connectivity index (χ1v) is 9.10. The van der Waals surface area contributed by atoms with Gasteiger partial charge in [-0.25, -0.2) is 0 Å². The number of carbonyl (C=O) groups excluding carboxylic acids is 1. The second-order valence-electron chi connectivity index (χ2n) is 6.71. The molecule has 0 bridgehead atoms. The van der Waals surface area contributed by atoms with Crippen molar-refractivity contribution in [1.29, 1.82) is 0 Å². The second-order valence-corrected chi connectivity index (χ2v) is 6.71. The molecule has 2 N–H and O–H groups in total. The van der Waals surface area contributed by atoms with Crippen LogP contribution < -0.4 is 10.5 Å². The van der Waals surface area contributed by atoms with E-state index in [2.05, 4.69) is 11.0 Å². The fourth-order valence-corrected chi connectivity index (χ4v) is 3.39. The molecule has 1 amide bonds. The molecule has 3 rings (SSSR count). The lowest BCUT2D eigenvalue weighted by molar-refractivity contribution is -0.134. The summed E-state index contributed by atoms with van der Waals surface area (Å²) < 4.78 is 5.43. The van der Waals surface area contributed by atoms with Gasteiger partial charge >= 0.3 is 0 Å². The maximum atomic E-state index is 12.6. The first-order valence-electron chi connectivity index (χ1n) is 9.10. The minimum absolute atomic E-state index is 0. The lowest BCUT2D eigenvalue weighted by Gasteiger charge is -2.36. The number of amides is 1. The Hall–Kier alpha value is -1.79. The zero-order valence-corrected chi connectivity index (χ0v) is 17.8. The third-order valence-electron chi connectivity index (χ3n) is 4.89. The number of hydrogen-bond donors (Lipinski definition) is 1. The van der Waals surface area contributed by atoms with Crippen LogP contribution in [0.3, 0.4) is 0 Å². The molecule has 2 aromatic carbocycles. The lowest BCUT2D eigenvalue weighted by Crippen LogP contribution is -2.53. The lowest BCUT2D eigenvalue weighted by atomic mass is 10.1. The number of methoxy groups -OCH3 is 1. The van der Waals surface area contributed by atoms with E-state index in [1.165, 1.54) is 5.56 Å². The molecule has 5 nitrogen and oxygen atoms in total. The van der Waals surface area contributed by atoms with Gasteiger partial charge in [0.25, 0.3) is 0 Å². The molecule has 0 aliphatic carbocycles. The van der Waals surface area contributed by atoms with Crippen LogP contribution in [0.5, 0.6) is 5.75 Å². The first kappa shape index (κ1) is 24.2. The van der Waals surface area contributed by atoms with Gasteiger partial charge in [-0.2, -0.15) is 0 Å². The summed E-state index contributed by atoms with van der Waals surface area (Å²) in [6.45, 7) is 3.97. The molecular weight excluding hydrogens is 397 g/mol. The molecule has 0 aromatic heterocycles. The molecular formula is C21H29Cl2N3O2. The number of ether oxygens (including phenoxy) is 1. The van der Waals surface area contributed by atoms with Crippen LogP contribution in [0.2, 0.25) is 0 Å². The average Bonchev–Trinajstić information content (AvgIpc) is 2.69. The van der Waals surface area contributed by atoms with Crippen LogP contribution in [0.15, 0.2) is 54.6 Å². The van der Waals surface area contributed by atoms with E-state index in [4.69, 9.17) is 10.5 Å². The van der Waals surface area contributed by atoms with E-state index in [1.54, 1.807) is 7.11 Å². The molecule has 0 saturated carbocycles. The largest absolute Gasteiger partial charge is 0.496 e. The summed E-state index contributed by atoms with van der Waals surface area (Å²) in [4.78, 5) is 16.9. The summed E-state index contributed by atoms with van der Waals surface area (Å²) in [5.74, 6) is 0.960. The SMILES string of the molecule is COc1ccccc1CN1CCN(C(=O)C(N)Cc2ccccc2)CC1.Cl.Cl. The monoisotopic (exact) mass is 425 g/mol. The predicted molar refractivity (Wildman–Crippen MR) is 117 cm³/mol. The number of piperazine rings is 1. The van der Waals surface area contributed by atoms with Crippen molar-refractivity contribution in [2.24, 2.45) is 5.73 Å². The Bertz CT molecular complexity index is 723. The van der Waals surface area contributed by atoms with Crippen molar-refractivity contribution in [2.45, 2.75) is 19.0 Å². The summed E-state index contributed by atoms with van der Waals surface area (Å²) >= 11 is 0. The fourth-order valence-electron chi connectivity index (χ4n) is 3.39. The number of nitrogens with two attached hydrogens (primary N) is 1. The number of para-hydroxylation sites is 1. The van der Waals surface area contributed by atoms with Crippen molar-refractivity contribution in [2.75, 3.05) is 33.3 Å².